The summed E-state index contributed by atoms with van der Waals surface area (Å²) in [5.74, 6) is 1.57. The van der Waals surface area contributed by atoms with Gasteiger partial charge in [-0.2, -0.15) is 0 Å². The minimum Gasteiger partial charge on any atom is -0.370 e. The lowest BCUT2D eigenvalue weighted by molar-refractivity contribution is -0.118. The Morgan fingerprint density at radius 3 is 2.60 bits per heavy atom. The smallest absolute Gasteiger partial charge is 0.217 e. The van der Waals surface area contributed by atoms with Gasteiger partial charge in [0, 0.05) is 12.5 Å². The first-order valence-electron chi connectivity index (χ1n) is 6.11. The number of carbonyl (C=O) groups excluding carboxylic acids is 1. The van der Waals surface area contributed by atoms with Crippen molar-refractivity contribution in [1.29, 1.82) is 0 Å². The lowest BCUT2D eigenvalue weighted by Crippen LogP contribution is -2.43. The number of hydrogen-bond donors (Lipinski definition) is 2. The number of carbonyl (C=O) groups is 1. The molecule has 0 saturated heterocycles. The Labute approximate surface area is 92.8 Å². The molecular formula is C12H24N2O. The zero-order chi connectivity index (χ0) is 11.3. The van der Waals surface area contributed by atoms with Crippen molar-refractivity contribution in [1.82, 2.24) is 5.32 Å². The van der Waals surface area contributed by atoms with Gasteiger partial charge in [0.05, 0.1) is 0 Å². The van der Waals surface area contributed by atoms with Crippen LogP contribution in [0.5, 0.6) is 0 Å². The third-order valence-corrected chi connectivity index (χ3v) is 3.40. The van der Waals surface area contributed by atoms with Crippen LogP contribution in [0.1, 0.15) is 46.0 Å². The molecule has 0 aliphatic heterocycles. The lowest BCUT2D eigenvalue weighted by atomic mass is 9.74. The van der Waals surface area contributed by atoms with Gasteiger partial charge in [0.15, 0.2) is 0 Å². The minimum atomic E-state index is -0.182. The molecule has 1 rings (SSSR count). The summed E-state index contributed by atoms with van der Waals surface area (Å²) in [6.07, 6.45) is 5.16. The van der Waals surface area contributed by atoms with Crippen molar-refractivity contribution in [3.8, 4) is 0 Å². The molecule has 88 valence electrons. The fraction of sp³-hybridized carbons (Fsp3) is 0.917. The summed E-state index contributed by atoms with van der Waals surface area (Å²) in [5.41, 5.74) is 5.06. The fourth-order valence-electron chi connectivity index (χ4n) is 2.10. The Balaban J connectivity index is 1.88. The van der Waals surface area contributed by atoms with Gasteiger partial charge in [-0.1, -0.05) is 13.8 Å². The zero-order valence-corrected chi connectivity index (χ0v) is 9.96. The van der Waals surface area contributed by atoms with Crippen molar-refractivity contribution in [2.45, 2.75) is 52.0 Å². The van der Waals surface area contributed by atoms with Crippen LogP contribution in [0.4, 0.5) is 0 Å². The zero-order valence-electron chi connectivity index (χ0n) is 9.96. The average molecular weight is 212 g/mol. The van der Waals surface area contributed by atoms with Crippen molar-refractivity contribution in [3.05, 3.63) is 0 Å². The summed E-state index contributed by atoms with van der Waals surface area (Å²) >= 11 is 0. The number of amides is 1. The van der Waals surface area contributed by atoms with Gasteiger partial charge in [-0.25, -0.2) is 0 Å². The second kappa shape index (κ2) is 6.11. The van der Waals surface area contributed by atoms with E-state index < -0.39 is 0 Å². The molecule has 0 bridgehead atoms. The Hall–Kier alpha value is -0.570. The molecule has 3 nitrogen and oxygen atoms in total. The second-order valence-corrected chi connectivity index (χ2v) is 5.05. The van der Waals surface area contributed by atoms with Crippen molar-refractivity contribution >= 4 is 5.91 Å². The maximum Gasteiger partial charge on any atom is 0.217 e. The normalized spacial score (nSPS) is 25.3. The van der Waals surface area contributed by atoms with Gasteiger partial charge in [0.2, 0.25) is 5.91 Å². The van der Waals surface area contributed by atoms with Crippen LogP contribution in [0, 0.1) is 11.8 Å². The van der Waals surface area contributed by atoms with Crippen molar-refractivity contribution in [2.24, 2.45) is 17.6 Å². The molecule has 0 heterocycles. The highest BCUT2D eigenvalue weighted by atomic mass is 16.1. The van der Waals surface area contributed by atoms with E-state index in [0.29, 0.717) is 6.42 Å². The molecule has 0 unspecified atom stereocenters. The second-order valence-electron chi connectivity index (χ2n) is 5.05. The standard InChI is InChI=1S/C12H24N2O/c1-9(2)10-7-11(8-10)14-6-4-3-5-12(13)15/h9-11,14H,3-8H2,1-2H3,(H2,13,15). The third kappa shape index (κ3) is 4.65. The summed E-state index contributed by atoms with van der Waals surface area (Å²) in [7, 11) is 0. The van der Waals surface area contributed by atoms with Crippen LogP contribution in [-0.4, -0.2) is 18.5 Å². The number of nitrogens with two attached hydrogens (primary N) is 1. The molecular weight excluding hydrogens is 188 g/mol. The van der Waals surface area contributed by atoms with Gasteiger partial charge in [-0.05, 0) is 44.1 Å². The molecule has 0 spiro atoms. The monoisotopic (exact) mass is 212 g/mol. The number of nitrogens with one attached hydrogen (secondary N) is 1. The molecule has 1 aliphatic carbocycles. The van der Waals surface area contributed by atoms with E-state index >= 15 is 0 Å². The topological polar surface area (TPSA) is 55.1 Å². The molecule has 0 atom stereocenters. The first-order valence-corrected chi connectivity index (χ1v) is 6.11. The summed E-state index contributed by atoms with van der Waals surface area (Å²) in [4.78, 5) is 10.5. The maximum atomic E-state index is 10.5. The SMILES string of the molecule is CC(C)C1CC(NCCCCC(N)=O)C1. The van der Waals surface area contributed by atoms with Crippen molar-refractivity contribution < 1.29 is 4.79 Å². The summed E-state index contributed by atoms with van der Waals surface area (Å²) < 4.78 is 0. The van der Waals surface area contributed by atoms with Crippen LogP contribution < -0.4 is 11.1 Å². The Kier molecular flexibility index (Phi) is 5.09. The summed E-state index contributed by atoms with van der Waals surface area (Å²) in [6.45, 7) is 5.63. The summed E-state index contributed by atoms with van der Waals surface area (Å²) in [5, 5.41) is 3.53. The predicted octanol–water partition coefficient (Wildman–Crippen LogP) is 1.67. The van der Waals surface area contributed by atoms with Gasteiger partial charge in [0.25, 0.3) is 0 Å². The molecule has 0 aromatic rings. The lowest BCUT2D eigenvalue weighted by Gasteiger charge is -2.38. The first-order chi connectivity index (χ1) is 7.09. The Morgan fingerprint density at radius 2 is 2.07 bits per heavy atom. The van der Waals surface area contributed by atoms with Crippen LogP contribution in [0.25, 0.3) is 0 Å². The molecule has 0 aromatic heterocycles. The van der Waals surface area contributed by atoms with Crippen molar-refractivity contribution in [2.75, 3.05) is 6.54 Å². The highest BCUT2D eigenvalue weighted by molar-refractivity contribution is 5.73. The number of hydrogen-bond acceptors (Lipinski definition) is 2. The first kappa shape index (κ1) is 12.5. The highest BCUT2D eigenvalue weighted by Crippen LogP contribution is 2.33. The molecule has 15 heavy (non-hydrogen) atoms. The van der Waals surface area contributed by atoms with Gasteiger partial charge in [-0.3, -0.25) is 4.79 Å². The van der Waals surface area contributed by atoms with E-state index in [4.69, 9.17) is 5.73 Å². The third-order valence-electron chi connectivity index (χ3n) is 3.40. The largest absolute Gasteiger partial charge is 0.370 e. The van der Waals surface area contributed by atoms with Gasteiger partial charge < -0.3 is 11.1 Å². The van der Waals surface area contributed by atoms with E-state index in [9.17, 15) is 4.79 Å². The van der Waals surface area contributed by atoms with E-state index in [-0.39, 0.29) is 5.91 Å². The minimum absolute atomic E-state index is 0.182. The van der Waals surface area contributed by atoms with Crippen LogP contribution >= 0.6 is 0 Å². The van der Waals surface area contributed by atoms with E-state index in [1.54, 1.807) is 0 Å². The number of primary amides is 1. The van der Waals surface area contributed by atoms with Crippen LogP contribution in [-0.2, 0) is 4.79 Å². The average Bonchev–Trinajstić information content (AvgIpc) is 2.06. The number of rotatable bonds is 7. The highest BCUT2D eigenvalue weighted by Gasteiger charge is 2.30. The molecule has 0 aromatic carbocycles. The maximum absolute atomic E-state index is 10.5. The van der Waals surface area contributed by atoms with Crippen LogP contribution in [0.2, 0.25) is 0 Å². The van der Waals surface area contributed by atoms with E-state index in [2.05, 4.69) is 19.2 Å². The van der Waals surface area contributed by atoms with E-state index in [1.807, 2.05) is 0 Å². The van der Waals surface area contributed by atoms with Gasteiger partial charge in [-0.15, -0.1) is 0 Å². The molecule has 3 N–H and O–H groups in total. The van der Waals surface area contributed by atoms with Gasteiger partial charge >= 0.3 is 0 Å². The number of unbranched alkanes of at least 4 members (excludes halogenated alkanes) is 1. The Morgan fingerprint density at radius 1 is 1.40 bits per heavy atom. The van der Waals surface area contributed by atoms with E-state index in [0.717, 1.165) is 37.3 Å². The van der Waals surface area contributed by atoms with Crippen LogP contribution in [0.3, 0.4) is 0 Å². The fourth-order valence-corrected chi connectivity index (χ4v) is 2.10. The predicted molar refractivity (Wildman–Crippen MR) is 62.4 cm³/mol. The molecule has 1 aliphatic rings. The molecule has 1 saturated carbocycles. The molecule has 1 fully saturated rings. The molecule has 3 heteroatoms. The Bertz CT molecular complexity index is 198. The quantitative estimate of drug-likeness (QED) is 0.631. The molecule has 1 amide bonds. The van der Waals surface area contributed by atoms with Crippen LogP contribution in [0.15, 0.2) is 0 Å². The van der Waals surface area contributed by atoms with E-state index in [1.165, 1.54) is 12.8 Å². The van der Waals surface area contributed by atoms with Crippen molar-refractivity contribution in [3.63, 3.8) is 0 Å². The van der Waals surface area contributed by atoms with Gasteiger partial charge in [0.1, 0.15) is 0 Å². The molecule has 0 radical (unpaired) electrons. The summed E-state index contributed by atoms with van der Waals surface area (Å²) in [6, 6.07) is 0.728.